The molecule has 0 saturated carbocycles. The molecule has 3 heterocycles. The molecule has 5 rings (SSSR count). The molecule has 15 nitrogen and oxygen atoms in total. The van der Waals surface area contributed by atoms with Crippen molar-refractivity contribution in [3.8, 4) is 11.6 Å². The molecule has 2 N–H and O–H groups in total. The average molecular weight is 702 g/mol. The molecule has 0 aliphatic rings. The molecule has 0 aliphatic carbocycles. The van der Waals surface area contributed by atoms with Crippen LogP contribution in [0.15, 0.2) is 89.9 Å². The summed E-state index contributed by atoms with van der Waals surface area (Å²) < 4.78 is 80.2. The number of para-hydroxylation sites is 2. The van der Waals surface area contributed by atoms with Gasteiger partial charge in [0.15, 0.2) is 5.78 Å². The number of halogens is 2. The minimum Gasteiger partial charge on any atom is -0.414 e. The predicted octanol–water partition coefficient (Wildman–Crippen LogP) is 3.01. The zero-order valence-electron chi connectivity index (χ0n) is 25.5. The molecule has 3 aromatic heterocycles. The van der Waals surface area contributed by atoms with E-state index >= 15 is 0 Å². The first kappa shape index (κ1) is 35.6. The van der Waals surface area contributed by atoms with Gasteiger partial charge in [-0.1, -0.05) is 36.4 Å². The van der Waals surface area contributed by atoms with E-state index in [4.69, 9.17) is 10.2 Å². The number of carbonyl (C=O) groups excluding carboxylic acids is 1. The topological polar surface area (TPSA) is 208 Å². The van der Waals surface area contributed by atoms with Crippen LogP contribution in [0.1, 0.15) is 34.2 Å². The van der Waals surface area contributed by atoms with Crippen LogP contribution in [0.2, 0.25) is 0 Å². The quantitative estimate of drug-likeness (QED) is 0.186. The third kappa shape index (κ3) is 9.62. The van der Waals surface area contributed by atoms with Gasteiger partial charge < -0.3 is 10.2 Å². The van der Waals surface area contributed by atoms with E-state index in [1.807, 2.05) is 0 Å². The van der Waals surface area contributed by atoms with Crippen molar-refractivity contribution in [2.75, 3.05) is 27.7 Å². The smallest absolute Gasteiger partial charge is 0.314 e. The molecule has 0 atom stereocenters. The second kappa shape index (κ2) is 15.5. The number of carbonyl (C=O) groups is 1. The second-order valence-corrected chi connectivity index (χ2v) is 13.7. The highest BCUT2D eigenvalue weighted by molar-refractivity contribution is 7.92. The number of alkyl halides is 2. The van der Waals surface area contributed by atoms with E-state index in [2.05, 4.69) is 30.1 Å². The third-order valence-corrected chi connectivity index (χ3v) is 8.51. The molecule has 0 unspecified atom stereocenters. The summed E-state index contributed by atoms with van der Waals surface area (Å²) in [5.41, 5.74) is 7.34. The number of hydrogen-bond acceptors (Lipinski definition) is 13. The van der Waals surface area contributed by atoms with Gasteiger partial charge in [0, 0.05) is 0 Å². The summed E-state index contributed by atoms with van der Waals surface area (Å²) in [6.45, 7) is -0.150. The van der Waals surface area contributed by atoms with Crippen molar-refractivity contribution in [2.24, 2.45) is 5.73 Å². The van der Waals surface area contributed by atoms with E-state index in [1.165, 1.54) is 33.4 Å². The van der Waals surface area contributed by atoms with E-state index in [1.54, 1.807) is 60.7 Å². The summed E-state index contributed by atoms with van der Waals surface area (Å²) in [7, 11) is -7.01. The molecule has 0 fully saturated rings. The lowest BCUT2D eigenvalue weighted by atomic mass is 10.3. The Morgan fingerprint density at radius 3 is 1.62 bits per heavy atom. The van der Waals surface area contributed by atoms with Crippen molar-refractivity contribution in [2.45, 2.75) is 19.5 Å². The molecule has 252 valence electrons. The summed E-state index contributed by atoms with van der Waals surface area (Å²) in [6, 6.07) is 17.2. The van der Waals surface area contributed by atoms with Crippen molar-refractivity contribution < 1.29 is 34.8 Å². The summed E-state index contributed by atoms with van der Waals surface area (Å²) in [5, 5.41) is 6.69. The molecule has 2 aromatic carbocycles. The highest BCUT2D eigenvalue weighted by Crippen LogP contribution is 2.23. The van der Waals surface area contributed by atoms with Crippen molar-refractivity contribution in [1.29, 1.82) is 0 Å². The zero-order valence-corrected chi connectivity index (χ0v) is 27.1. The van der Waals surface area contributed by atoms with E-state index in [0.717, 1.165) is 12.5 Å². The van der Waals surface area contributed by atoms with Crippen LogP contribution in [-0.2, 0) is 33.1 Å². The van der Waals surface area contributed by atoms with E-state index in [9.17, 15) is 30.4 Å². The van der Waals surface area contributed by atoms with Gasteiger partial charge in [-0.05, 0) is 24.3 Å². The largest absolute Gasteiger partial charge is 0.414 e. The van der Waals surface area contributed by atoms with Gasteiger partial charge in [-0.3, -0.25) is 23.4 Å². The molecule has 0 amide bonds. The minimum atomic E-state index is -3.54. The lowest BCUT2D eigenvalue weighted by molar-refractivity contribution is 0.0996. The number of anilines is 2. The lowest BCUT2D eigenvalue weighted by Gasteiger charge is -2.21. The van der Waals surface area contributed by atoms with Gasteiger partial charge in [0.25, 0.3) is 11.8 Å². The Morgan fingerprint density at radius 1 is 0.750 bits per heavy atom. The fourth-order valence-electron chi connectivity index (χ4n) is 3.94. The summed E-state index contributed by atoms with van der Waals surface area (Å²) in [6.07, 6.45) is 4.59. The number of hydrogen-bond donors (Lipinski definition) is 1. The van der Waals surface area contributed by atoms with Gasteiger partial charge in [-0.25, -0.2) is 26.8 Å². The van der Waals surface area contributed by atoms with Crippen LogP contribution in [0.3, 0.4) is 0 Å². The first-order valence-corrected chi connectivity index (χ1v) is 17.5. The number of Topliss-reactive ketones (excluding diaryl/α,β-unsaturated/α-hetero) is 1. The second-order valence-electron chi connectivity index (χ2n) is 9.87. The van der Waals surface area contributed by atoms with Gasteiger partial charge in [0.05, 0.1) is 79.7 Å². The maximum atomic E-state index is 12.5. The van der Waals surface area contributed by atoms with Crippen molar-refractivity contribution >= 4 is 37.2 Å². The highest BCUT2D eigenvalue weighted by atomic mass is 32.2. The van der Waals surface area contributed by atoms with Crippen LogP contribution >= 0.6 is 0 Å². The SMILES string of the molecule is CS(=O)(=O)N(Cc1cnc(-c2nnc(C(F)F)o2)cn1)c1ccccc1.CS(=O)(=O)N(Cc1cnc(C(=O)CN)cn1)c1ccccc1. The number of sulfonamides is 2. The maximum absolute atomic E-state index is 12.5. The molecule has 0 spiro atoms. The van der Waals surface area contributed by atoms with Crippen LogP contribution in [0.5, 0.6) is 0 Å². The van der Waals surface area contributed by atoms with Gasteiger partial charge >= 0.3 is 6.43 Å². The van der Waals surface area contributed by atoms with Crippen molar-refractivity contribution in [3.63, 3.8) is 0 Å². The Balaban J connectivity index is 0.000000220. The number of nitrogens with two attached hydrogens (primary N) is 1. The molecular formula is C29H29F2N9O6S2. The van der Waals surface area contributed by atoms with Crippen molar-refractivity contribution in [3.05, 3.63) is 108 Å². The van der Waals surface area contributed by atoms with Gasteiger partial charge in [0.1, 0.15) is 11.4 Å². The maximum Gasteiger partial charge on any atom is 0.314 e. The standard InChI is InChI=1S/C15H13F2N5O3S.C14H16N4O3S/c1-26(23,24)22(11-5-3-2-4-6-11)9-10-7-19-12(8-18-10)14-20-21-15(25-14)13(16)17;1-22(20,21)18(12-5-3-2-4-6-12)10-11-8-17-13(9-16-11)14(19)7-15/h2-8,13H,9H2,1H3;2-6,8-9H,7,10,15H2,1H3. The summed E-state index contributed by atoms with van der Waals surface area (Å²) in [4.78, 5) is 27.6. The van der Waals surface area contributed by atoms with Gasteiger partial charge in [-0.2, -0.15) is 8.78 Å². The Kier molecular flexibility index (Phi) is 11.5. The first-order valence-electron chi connectivity index (χ1n) is 13.8. The number of rotatable bonds is 12. The van der Waals surface area contributed by atoms with Crippen molar-refractivity contribution in [1.82, 2.24) is 30.1 Å². The first-order chi connectivity index (χ1) is 22.8. The van der Waals surface area contributed by atoms with Crippen LogP contribution < -0.4 is 14.3 Å². The molecule has 48 heavy (non-hydrogen) atoms. The normalized spacial score (nSPS) is 11.5. The molecule has 0 saturated heterocycles. The highest BCUT2D eigenvalue weighted by Gasteiger charge is 2.21. The number of ketones is 1. The van der Waals surface area contributed by atoms with Crippen LogP contribution in [0, 0.1) is 0 Å². The molecule has 0 aliphatic heterocycles. The lowest BCUT2D eigenvalue weighted by Crippen LogP contribution is -2.29. The number of benzene rings is 2. The van der Waals surface area contributed by atoms with Crippen LogP contribution in [0.4, 0.5) is 20.2 Å². The zero-order chi connectivity index (χ0) is 34.9. The molecule has 5 aromatic rings. The molecule has 0 radical (unpaired) electrons. The predicted molar refractivity (Wildman–Crippen MR) is 171 cm³/mol. The van der Waals surface area contributed by atoms with E-state index in [-0.39, 0.29) is 42.7 Å². The van der Waals surface area contributed by atoms with Gasteiger partial charge in [0.2, 0.25) is 20.0 Å². The number of aromatic nitrogens is 6. The van der Waals surface area contributed by atoms with Gasteiger partial charge in [-0.15, -0.1) is 10.2 Å². The fraction of sp³-hybridized carbons (Fsp3) is 0.207. The van der Waals surface area contributed by atoms with Crippen LogP contribution in [0.25, 0.3) is 11.6 Å². The monoisotopic (exact) mass is 701 g/mol. The van der Waals surface area contributed by atoms with E-state index < -0.39 is 32.4 Å². The summed E-state index contributed by atoms with van der Waals surface area (Å²) >= 11 is 0. The Hall–Kier alpha value is -5.27. The Labute approximate surface area is 274 Å². The van der Waals surface area contributed by atoms with Crippen LogP contribution in [-0.4, -0.2) is 71.8 Å². The fourth-order valence-corrected chi connectivity index (χ4v) is 5.68. The molecule has 0 bridgehead atoms. The Bertz CT molecular complexity index is 2020. The minimum absolute atomic E-state index is 0.0347. The number of nitrogens with zero attached hydrogens (tertiary/aromatic N) is 8. The molecule has 19 heteroatoms. The molecular weight excluding hydrogens is 673 g/mol. The summed E-state index contributed by atoms with van der Waals surface area (Å²) in [5.74, 6) is -1.32. The third-order valence-electron chi connectivity index (χ3n) is 6.23. The van der Waals surface area contributed by atoms with E-state index in [0.29, 0.717) is 22.8 Å². The average Bonchev–Trinajstić information content (AvgIpc) is 3.57. The Morgan fingerprint density at radius 2 is 1.25 bits per heavy atom.